The molecule has 0 radical (unpaired) electrons. The van der Waals surface area contributed by atoms with E-state index in [0.29, 0.717) is 6.61 Å². The first kappa shape index (κ1) is 17.4. The van der Waals surface area contributed by atoms with Crippen molar-refractivity contribution in [2.75, 3.05) is 20.2 Å². The Morgan fingerprint density at radius 2 is 2.08 bits per heavy atom. The summed E-state index contributed by atoms with van der Waals surface area (Å²) in [7, 11) is 3.91. The Kier molecular flexibility index (Phi) is 4.50. The minimum absolute atomic E-state index is 0.258. The van der Waals surface area contributed by atoms with Crippen LogP contribution >= 0.6 is 0 Å². The maximum atomic E-state index is 5.99. The fourth-order valence-electron chi connectivity index (χ4n) is 3.22. The summed E-state index contributed by atoms with van der Waals surface area (Å²) in [5.74, 6) is 1.78. The number of rotatable bonds is 3. The number of hydrogen-bond acceptors (Lipinski definition) is 2. The third-order valence-electron chi connectivity index (χ3n) is 4.45. The first-order chi connectivity index (χ1) is 11.8. The highest BCUT2D eigenvalue weighted by molar-refractivity contribution is 6.02. The molecule has 0 aliphatic carbocycles. The van der Waals surface area contributed by atoms with Crippen LogP contribution in [0.15, 0.2) is 42.2 Å². The molecule has 5 heteroatoms. The van der Waals surface area contributed by atoms with Gasteiger partial charge < -0.3 is 9.64 Å². The fourth-order valence-corrected chi connectivity index (χ4v) is 3.22. The van der Waals surface area contributed by atoms with Crippen LogP contribution in [-0.4, -0.2) is 40.3 Å². The molecule has 3 rings (SSSR count). The average molecular weight is 340 g/mol. The second kappa shape index (κ2) is 6.47. The van der Waals surface area contributed by atoms with E-state index >= 15 is 0 Å². The zero-order chi connectivity index (χ0) is 18.2. The zero-order valence-electron chi connectivity index (χ0n) is 15.9. The van der Waals surface area contributed by atoms with E-state index in [9.17, 15) is 0 Å². The van der Waals surface area contributed by atoms with E-state index in [1.807, 2.05) is 4.90 Å². The molecule has 1 aromatic carbocycles. The van der Waals surface area contributed by atoms with Gasteiger partial charge in [0.25, 0.3) is 0 Å². The molecule has 0 bridgehead atoms. The van der Waals surface area contributed by atoms with Gasteiger partial charge in [0.1, 0.15) is 18.2 Å². The minimum atomic E-state index is 0.258. The summed E-state index contributed by atoms with van der Waals surface area (Å²) in [6, 6.07) is 6.34. The van der Waals surface area contributed by atoms with Crippen LogP contribution in [0.4, 0.5) is 0 Å². The Hall–Kier alpha value is -2.43. The SMILES string of the molecule is C=CN1CCOc2cc(-c3cn(CC(C)(C)C)n3C)ccc2C1=NC. The second-order valence-corrected chi connectivity index (χ2v) is 7.68. The number of nitrogens with zero attached hydrogens (tertiary/aromatic N) is 4. The van der Waals surface area contributed by atoms with Gasteiger partial charge in [-0.15, -0.1) is 0 Å². The summed E-state index contributed by atoms with van der Waals surface area (Å²) < 4.78 is 10.4. The number of benzene rings is 1. The number of aliphatic imine (C=N–C) groups is 1. The average Bonchev–Trinajstić information content (AvgIpc) is 2.74. The standard InChI is InChI=1S/C20H28N4O/c1-7-23-10-11-25-18-12-15(8-9-16(18)19(23)21-5)17-13-24(22(17)6)14-20(2,3)4/h7-9,12-13H,1,10-11,14H2,2-6H3. The van der Waals surface area contributed by atoms with Gasteiger partial charge in [0.15, 0.2) is 0 Å². The molecule has 0 fully saturated rings. The van der Waals surface area contributed by atoms with Crippen LogP contribution in [0.5, 0.6) is 5.75 Å². The van der Waals surface area contributed by atoms with Gasteiger partial charge in [-0.3, -0.25) is 14.4 Å². The van der Waals surface area contributed by atoms with Gasteiger partial charge in [-0.1, -0.05) is 33.4 Å². The van der Waals surface area contributed by atoms with Crippen molar-refractivity contribution in [1.29, 1.82) is 0 Å². The summed E-state index contributed by atoms with van der Waals surface area (Å²) in [4.78, 5) is 6.47. The molecule has 1 aliphatic rings. The van der Waals surface area contributed by atoms with E-state index in [1.54, 1.807) is 13.2 Å². The summed E-state index contributed by atoms with van der Waals surface area (Å²) in [6.45, 7) is 13.0. The van der Waals surface area contributed by atoms with Crippen LogP contribution in [0.25, 0.3) is 11.3 Å². The molecule has 0 N–H and O–H groups in total. The highest BCUT2D eigenvalue weighted by Gasteiger charge is 2.22. The number of amidine groups is 1. The van der Waals surface area contributed by atoms with Crippen LogP contribution in [0.2, 0.25) is 0 Å². The fraction of sp³-hybridized carbons (Fsp3) is 0.450. The molecule has 0 atom stereocenters. The van der Waals surface area contributed by atoms with Crippen molar-refractivity contribution in [2.45, 2.75) is 27.3 Å². The quantitative estimate of drug-likeness (QED) is 0.853. The van der Waals surface area contributed by atoms with Crippen molar-refractivity contribution in [3.8, 4) is 17.0 Å². The normalized spacial score (nSPS) is 16.5. The lowest BCUT2D eigenvalue weighted by molar-refractivity contribution is 0.287. The van der Waals surface area contributed by atoms with Gasteiger partial charge in [-0.25, -0.2) is 0 Å². The molecular weight excluding hydrogens is 312 g/mol. The van der Waals surface area contributed by atoms with Crippen molar-refractivity contribution in [3.05, 3.63) is 42.7 Å². The van der Waals surface area contributed by atoms with Gasteiger partial charge in [0.05, 0.1) is 17.8 Å². The summed E-state index contributed by atoms with van der Waals surface area (Å²) in [5.41, 5.74) is 3.63. The summed E-state index contributed by atoms with van der Waals surface area (Å²) in [5, 5.41) is 0. The number of fused-ring (bicyclic) bond motifs is 1. The third-order valence-corrected chi connectivity index (χ3v) is 4.45. The molecule has 25 heavy (non-hydrogen) atoms. The van der Waals surface area contributed by atoms with Crippen LogP contribution < -0.4 is 4.74 Å². The molecular formula is C20H28N4O. The van der Waals surface area contributed by atoms with Crippen molar-refractivity contribution in [2.24, 2.45) is 17.5 Å². The van der Waals surface area contributed by atoms with Crippen LogP contribution in [0.3, 0.4) is 0 Å². The first-order valence-electron chi connectivity index (χ1n) is 8.70. The van der Waals surface area contributed by atoms with E-state index in [4.69, 9.17) is 4.74 Å². The Bertz CT molecular complexity index is 804. The lowest BCUT2D eigenvalue weighted by atomic mass is 9.97. The Labute approximate surface area is 150 Å². The number of aromatic nitrogens is 2. The summed E-state index contributed by atoms with van der Waals surface area (Å²) >= 11 is 0. The van der Waals surface area contributed by atoms with Gasteiger partial charge in [0.2, 0.25) is 0 Å². The molecule has 2 heterocycles. The molecule has 1 aromatic heterocycles. The Morgan fingerprint density at radius 3 is 2.68 bits per heavy atom. The molecule has 0 unspecified atom stereocenters. The van der Waals surface area contributed by atoms with E-state index in [2.05, 4.69) is 73.1 Å². The van der Waals surface area contributed by atoms with Crippen molar-refractivity contribution < 1.29 is 4.74 Å². The Morgan fingerprint density at radius 1 is 1.32 bits per heavy atom. The molecule has 0 saturated heterocycles. The van der Waals surface area contributed by atoms with Crippen molar-refractivity contribution >= 4 is 5.84 Å². The van der Waals surface area contributed by atoms with Gasteiger partial charge in [-0.05, 0) is 23.7 Å². The zero-order valence-corrected chi connectivity index (χ0v) is 15.9. The predicted octanol–water partition coefficient (Wildman–Crippen LogP) is 3.75. The van der Waals surface area contributed by atoms with E-state index in [0.717, 1.165) is 35.8 Å². The molecule has 0 saturated carbocycles. The molecule has 0 spiro atoms. The Balaban J connectivity index is 1.93. The topological polar surface area (TPSA) is 34.7 Å². The van der Waals surface area contributed by atoms with E-state index in [1.165, 1.54) is 5.69 Å². The van der Waals surface area contributed by atoms with Crippen LogP contribution in [0, 0.1) is 5.41 Å². The smallest absolute Gasteiger partial charge is 0.138 e. The maximum Gasteiger partial charge on any atom is 0.138 e. The minimum Gasteiger partial charge on any atom is -0.491 e. The van der Waals surface area contributed by atoms with Gasteiger partial charge in [-0.2, -0.15) is 0 Å². The van der Waals surface area contributed by atoms with E-state index < -0.39 is 0 Å². The third kappa shape index (κ3) is 3.36. The predicted molar refractivity (Wildman–Crippen MR) is 103 cm³/mol. The first-order valence-corrected chi connectivity index (χ1v) is 8.70. The molecule has 5 nitrogen and oxygen atoms in total. The lowest BCUT2D eigenvalue weighted by Crippen LogP contribution is -2.27. The number of ether oxygens (including phenoxy) is 1. The van der Waals surface area contributed by atoms with Crippen LogP contribution in [-0.2, 0) is 13.6 Å². The van der Waals surface area contributed by atoms with Gasteiger partial charge >= 0.3 is 0 Å². The van der Waals surface area contributed by atoms with E-state index in [-0.39, 0.29) is 5.41 Å². The van der Waals surface area contributed by atoms with Gasteiger partial charge in [0, 0.05) is 32.4 Å². The second-order valence-electron chi connectivity index (χ2n) is 7.68. The number of hydrogen-bond donors (Lipinski definition) is 0. The molecule has 1 aliphatic heterocycles. The molecule has 0 amide bonds. The highest BCUT2D eigenvalue weighted by Crippen LogP contribution is 2.31. The summed E-state index contributed by atoms with van der Waals surface area (Å²) in [6.07, 6.45) is 4.01. The van der Waals surface area contributed by atoms with Crippen LogP contribution in [0.1, 0.15) is 26.3 Å². The highest BCUT2D eigenvalue weighted by atomic mass is 16.5. The molecule has 2 aromatic rings. The van der Waals surface area contributed by atoms with Crippen molar-refractivity contribution in [3.63, 3.8) is 0 Å². The largest absolute Gasteiger partial charge is 0.491 e. The molecule has 134 valence electrons. The maximum absolute atomic E-state index is 5.99. The monoisotopic (exact) mass is 340 g/mol. The van der Waals surface area contributed by atoms with Crippen molar-refractivity contribution in [1.82, 2.24) is 14.3 Å². The lowest BCUT2D eigenvalue weighted by Gasteiger charge is -2.29.